The van der Waals surface area contributed by atoms with E-state index in [1.165, 1.54) is 32.6 Å². The minimum absolute atomic E-state index is 0.626. The predicted octanol–water partition coefficient (Wildman–Crippen LogP) is 12.2. The van der Waals surface area contributed by atoms with Gasteiger partial charge >= 0.3 is 0 Å². The predicted molar refractivity (Wildman–Crippen MR) is 222 cm³/mol. The van der Waals surface area contributed by atoms with Gasteiger partial charge in [0.15, 0.2) is 17.5 Å². The zero-order chi connectivity index (χ0) is 35.6. The summed E-state index contributed by atoms with van der Waals surface area (Å²) in [6, 6.07) is 66.2. The van der Waals surface area contributed by atoms with Gasteiger partial charge in [0.05, 0.1) is 22.1 Å². The highest BCUT2D eigenvalue weighted by molar-refractivity contribution is 6.19. The van der Waals surface area contributed by atoms with Crippen LogP contribution in [0.25, 0.3) is 99.9 Å². The first-order valence-electron chi connectivity index (χ1n) is 18.2. The Bertz CT molecular complexity index is 3210. The molecule has 0 N–H and O–H groups in total. The van der Waals surface area contributed by atoms with Crippen molar-refractivity contribution in [3.8, 4) is 45.5 Å². The molecule has 3 heterocycles. The minimum Gasteiger partial charge on any atom is -0.309 e. The van der Waals surface area contributed by atoms with Crippen LogP contribution in [0.3, 0.4) is 0 Å². The van der Waals surface area contributed by atoms with E-state index in [1.54, 1.807) is 0 Å². The van der Waals surface area contributed by atoms with Crippen molar-refractivity contribution in [2.24, 2.45) is 0 Å². The third-order valence-corrected chi connectivity index (χ3v) is 10.5. The average molecular weight is 690 g/mol. The van der Waals surface area contributed by atoms with Crippen molar-refractivity contribution < 1.29 is 0 Å². The number of hydrogen-bond donors (Lipinski definition) is 0. The second-order valence-electron chi connectivity index (χ2n) is 13.7. The fraction of sp³-hybridized carbons (Fsp3) is 0. The van der Waals surface area contributed by atoms with E-state index >= 15 is 0 Å². The van der Waals surface area contributed by atoms with Crippen LogP contribution in [0.4, 0.5) is 0 Å². The third-order valence-electron chi connectivity index (χ3n) is 10.5. The Labute approximate surface area is 311 Å². The van der Waals surface area contributed by atoms with Gasteiger partial charge in [0, 0.05) is 49.6 Å². The Balaban J connectivity index is 1.15. The lowest BCUT2D eigenvalue weighted by atomic mass is 10.0. The summed E-state index contributed by atoms with van der Waals surface area (Å²) < 4.78 is 4.76. The number of rotatable bonds is 5. The molecule has 0 fully saturated rings. The Morgan fingerprint density at radius 1 is 0.296 bits per heavy atom. The molecular weight excluding hydrogens is 659 g/mol. The van der Waals surface area contributed by atoms with Crippen LogP contribution < -0.4 is 0 Å². The highest BCUT2D eigenvalue weighted by Gasteiger charge is 2.20. The molecule has 252 valence electrons. The van der Waals surface area contributed by atoms with E-state index in [0.717, 1.165) is 49.9 Å². The van der Waals surface area contributed by atoms with Crippen LogP contribution >= 0.6 is 0 Å². The molecule has 0 spiro atoms. The molecule has 0 amide bonds. The van der Waals surface area contributed by atoms with Crippen LogP contribution in [0.1, 0.15) is 0 Å². The van der Waals surface area contributed by atoms with Crippen LogP contribution in [0, 0.1) is 0 Å². The molecule has 0 radical (unpaired) electrons. The molecular formula is C49H31N5. The number of aromatic nitrogens is 5. The van der Waals surface area contributed by atoms with Gasteiger partial charge in [0.2, 0.25) is 0 Å². The summed E-state index contributed by atoms with van der Waals surface area (Å²) in [4.78, 5) is 15.3. The normalized spacial score (nSPS) is 11.7. The maximum Gasteiger partial charge on any atom is 0.164 e. The van der Waals surface area contributed by atoms with Crippen LogP contribution in [-0.4, -0.2) is 24.1 Å². The van der Waals surface area contributed by atoms with Crippen molar-refractivity contribution in [3.05, 3.63) is 188 Å². The highest BCUT2D eigenvalue weighted by Crippen LogP contribution is 2.40. The Kier molecular flexibility index (Phi) is 6.79. The lowest BCUT2D eigenvalue weighted by Gasteiger charge is -2.13. The van der Waals surface area contributed by atoms with Gasteiger partial charge in [-0.15, -0.1) is 0 Å². The van der Waals surface area contributed by atoms with E-state index in [4.69, 9.17) is 15.0 Å². The molecule has 54 heavy (non-hydrogen) atoms. The summed E-state index contributed by atoms with van der Waals surface area (Å²) in [6.07, 6.45) is 0. The van der Waals surface area contributed by atoms with Crippen LogP contribution in [0.5, 0.6) is 0 Å². The molecule has 0 aliphatic carbocycles. The molecule has 0 atom stereocenters. The first-order chi connectivity index (χ1) is 26.8. The van der Waals surface area contributed by atoms with Gasteiger partial charge in [-0.25, -0.2) is 15.0 Å². The van der Waals surface area contributed by atoms with Crippen molar-refractivity contribution in [2.45, 2.75) is 0 Å². The molecule has 8 aromatic carbocycles. The second kappa shape index (κ2) is 12.1. The van der Waals surface area contributed by atoms with Gasteiger partial charge in [-0.2, -0.15) is 0 Å². The molecule has 5 heteroatoms. The third kappa shape index (κ3) is 4.76. The van der Waals surface area contributed by atoms with E-state index in [2.05, 4.69) is 179 Å². The number of nitrogens with zero attached hydrogens (tertiary/aromatic N) is 5. The minimum atomic E-state index is 0.626. The van der Waals surface area contributed by atoms with Gasteiger partial charge in [0.25, 0.3) is 0 Å². The van der Waals surface area contributed by atoms with E-state index in [-0.39, 0.29) is 0 Å². The van der Waals surface area contributed by atoms with Gasteiger partial charge < -0.3 is 9.13 Å². The largest absolute Gasteiger partial charge is 0.309 e. The summed E-state index contributed by atoms with van der Waals surface area (Å²) >= 11 is 0. The summed E-state index contributed by atoms with van der Waals surface area (Å²) in [5.41, 5.74) is 9.65. The summed E-state index contributed by atoms with van der Waals surface area (Å²) in [7, 11) is 0. The molecule has 11 rings (SSSR count). The number of benzene rings is 8. The average Bonchev–Trinajstić information content (AvgIpc) is 3.75. The first-order valence-corrected chi connectivity index (χ1v) is 18.2. The lowest BCUT2D eigenvalue weighted by Crippen LogP contribution is -2.01. The van der Waals surface area contributed by atoms with Gasteiger partial charge in [-0.1, -0.05) is 140 Å². The fourth-order valence-corrected chi connectivity index (χ4v) is 8.11. The molecule has 3 aromatic heterocycles. The van der Waals surface area contributed by atoms with Crippen LogP contribution in [-0.2, 0) is 0 Å². The first kappa shape index (κ1) is 30.3. The maximum atomic E-state index is 5.17. The number of fused-ring (bicyclic) bond motifs is 7. The molecule has 0 unspecified atom stereocenters. The molecule has 0 bridgehead atoms. The summed E-state index contributed by atoms with van der Waals surface area (Å²) in [5.74, 6) is 1.91. The smallest absolute Gasteiger partial charge is 0.164 e. The van der Waals surface area contributed by atoms with Crippen molar-refractivity contribution in [1.29, 1.82) is 0 Å². The molecule has 0 aliphatic heterocycles. The van der Waals surface area contributed by atoms with Crippen molar-refractivity contribution >= 4 is 54.4 Å². The van der Waals surface area contributed by atoms with Gasteiger partial charge in [-0.05, 0) is 59.3 Å². The second-order valence-corrected chi connectivity index (χ2v) is 13.7. The summed E-state index contributed by atoms with van der Waals surface area (Å²) in [6.45, 7) is 0. The van der Waals surface area contributed by atoms with Crippen molar-refractivity contribution in [2.75, 3.05) is 0 Å². The Hall–Kier alpha value is -7.37. The fourth-order valence-electron chi connectivity index (χ4n) is 8.11. The topological polar surface area (TPSA) is 48.5 Å². The van der Waals surface area contributed by atoms with Gasteiger partial charge in [0.1, 0.15) is 0 Å². The monoisotopic (exact) mass is 689 g/mol. The standard InChI is InChI=1S/C49H31N5/c1-3-16-33(17-4-1)47-50-48(52-49(51-47)40-26-14-18-32-15-7-8-23-37(32)40)34-19-13-22-36(29-34)54-44-28-12-10-25-39(44)42-30-41-38-24-9-11-27-43(38)53(45(41)31-46(42)54)35-20-5-2-6-21-35/h1-31H. The van der Waals surface area contributed by atoms with E-state index in [0.29, 0.717) is 17.5 Å². The zero-order valence-corrected chi connectivity index (χ0v) is 29.1. The molecule has 0 saturated carbocycles. The van der Waals surface area contributed by atoms with Crippen molar-refractivity contribution in [1.82, 2.24) is 24.1 Å². The maximum absolute atomic E-state index is 5.17. The number of hydrogen-bond acceptors (Lipinski definition) is 3. The van der Waals surface area contributed by atoms with E-state index in [9.17, 15) is 0 Å². The van der Waals surface area contributed by atoms with Crippen LogP contribution in [0.2, 0.25) is 0 Å². The van der Waals surface area contributed by atoms with Gasteiger partial charge in [-0.3, -0.25) is 0 Å². The molecule has 0 saturated heterocycles. The zero-order valence-electron chi connectivity index (χ0n) is 29.1. The van der Waals surface area contributed by atoms with E-state index in [1.807, 2.05) is 18.2 Å². The molecule has 5 nitrogen and oxygen atoms in total. The van der Waals surface area contributed by atoms with Crippen LogP contribution in [0.15, 0.2) is 188 Å². The Morgan fingerprint density at radius 3 is 1.52 bits per heavy atom. The molecule has 0 aliphatic rings. The Morgan fingerprint density at radius 2 is 0.796 bits per heavy atom. The highest BCUT2D eigenvalue weighted by atomic mass is 15.0. The lowest BCUT2D eigenvalue weighted by molar-refractivity contribution is 1.07. The van der Waals surface area contributed by atoms with Crippen molar-refractivity contribution in [3.63, 3.8) is 0 Å². The van der Waals surface area contributed by atoms with E-state index < -0.39 is 0 Å². The quantitative estimate of drug-likeness (QED) is 0.181. The number of para-hydroxylation sites is 3. The SMILES string of the molecule is c1ccc(-c2nc(-c3cccc(-n4c5ccccc5c5cc6c7ccccc7n(-c7ccccc7)c6cc54)c3)nc(-c3cccc4ccccc34)n2)cc1. The summed E-state index contributed by atoms with van der Waals surface area (Å²) in [5, 5.41) is 7.15. The molecule has 11 aromatic rings.